The van der Waals surface area contributed by atoms with Crippen molar-refractivity contribution in [1.82, 2.24) is 5.32 Å². The number of carboxylic acids is 1. The third-order valence-electron chi connectivity index (χ3n) is 3.79. The Morgan fingerprint density at radius 3 is 2.25 bits per heavy atom. The lowest BCUT2D eigenvalue weighted by Gasteiger charge is -2.27. The molecule has 1 aromatic rings. The Hall–Kier alpha value is -1.88. The quantitative estimate of drug-likeness (QED) is 0.778. The molecule has 0 radical (unpaired) electrons. The summed E-state index contributed by atoms with van der Waals surface area (Å²) in [7, 11) is 0. The van der Waals surface area contributed by atoms with Crippen molar-refractivity contribution in [3.63, 3.8) is 0 Å². The zero-order chi connectivity index (χ0) is 14.5. The topological polar surface area (TPSA) is 86.6 Å². The van der Waals surface area contributed by atoms with E-state index in [2.05, 4.69) is 5.32 Å². The molecular weight excluding hydrogens is 258 g/mol. The van der Waals surface area contributed by atoms with Crippen molar-refractivity contribution in [2.24, 2.45) is 5.92 Å². The number of aliphatic carboxylic acids is 1. The van der Waals surface area contributed by atoms with Crippen molar-refractivity contribution in [3.05, 3.63) is 35.9 Å². The highest BCUT2D eigenvalue weighted by molar-refractivity contribution is 5.82. The van der Waals surface area contributed by atoms with E-state index in [4.69, 9.17) is 5.11 Å². The molecular formula is C15H19NO4. The van der Waals surface area contributed by atoms with Crippen LogP contribution in [0.1, 0.15) is 37.4 Å². The van der Waals surface area contributed by atoms with Gasteiger partial charge < -0.3 is 15.5 Å². The fraction of sp³-hybridized carbons (Fsp3) is 0.467. The minimum Gasteiger partial charge on any atom is -0.481 e. The maximum Gasteiger partial charge on any atom is 0.306 e. The normalized spacial score (nSPS) is 23.9. The fourth-order valence-electron chi connectivity index (χ4n) is 2.55. The molecule has 1 unspecified atom stereocenters. The summed E-state index contributed by atoms with van der Waals surface area (Å²) < 4.78 is 0. The molecule has 0 saturated heterocycles. The van der Waals surface area contributed by atoms with Crippen molar-refractivity contribution >= 4 is 11.9 Å². The number of rotatable bonds is 4. The SMILES string of the molecule is O=C(O)C1CCC(NC(=O)C(O)c2ccccc2)CC1. The second kappa shape index (κ2) is 6.52. The zero-order valence-electron chi connectivity index (χ0n) is 11.2. The van der Waals surface area contributed by atoms with Crippen LogP contribution in [0.25, 0.3) is 0 Å². The molecule has 0 spiro atoms. The number of hydrogen-bond donors (Lipinski definition) is 3. The molecule has 0 aromatic heterocycles. The molecule has 5 nitrogen and oxygen atoms in total. The summed E-state index contributed by atoms with van der Waals surface area (Å²) in [4.78, 5) is 22.8. The summed E-state index contributed by atoms with van der Waals surface area (Å²) in [6.45, 7) is 0. The van der Waals surface area contributed by atoms with Crippen molar-refractivity contribution in [1.29, 1.82) is 0 Å². The zero-order valence-corrected chi connectivity index (χ0v) is 11.2. The second-order valence-electron chi connectivity index (χ2n) is 5.21. The molecule has 20 heavy (non-hydrogen) atoms. The number of carbonyl (C=O) groups is 2. The van der Waals surface area contributed by atoms with Gasteiger partial charge in [-0.1, -0.05) is 30.3 Å². The first-order valence-corrected chi connectivity index (χ1v) is 6.84. The molecule has 1 aliphatic rings. The molecule has 108 valence electrons. The summed E-state index contributed by atoms with van der Waals surface area (Å²) in [5.74, 6) is -1.49. The van der Waals surface area contributed by atoms with E-state index in [1.807, 2.05) is 6.07 Å². The number of amides is 1. The van der Waals surface area contributed by atoms with E-state index in [0.29, 0.717) is 31.2 Å². The van der Waals surface area contributed by atoms with Crippen LogP contribution in [-0.2, 0) is 9.59 Å². The Balaban J connectivity index is 1.85. The number of aliphatic hydroxyl groups excluding tert-OH is 1. The van der Waals surface area contributed by atoms with Crippen LogP contribution in [0.4, 0.5) is 0 Å². The van der Waals surface area contributed by atoms with Gasteiger partial charge in [0.2, 0.25) is 0 Å². The summed E-state index contributed by atoms with van der Waals surface area (Å²) in [5, 5.41) is 21.7. The number of carbonyl (C=O) groups excluding carboxylic acids is 1. The number of aliphatic hydroxyl groups is 1. The molecule has 1 aliphatic carbocycles. The van der Waals surface area contributed by atoms with Crippen molar-refractivity contribution in [2.75, 3.05) is 0 Å². The van der Waals surface area contributed by atoms with Gasteiger partial charge in [0, 0.05) is 6.04 Å². The molecule has 1 atom stereocenters. The summed E-state index contributed by atoms with van der Waals surface area (Å²) in [6, 6.07) is 8.71. The third-order valence-corrected chi connectivity index (χ3v) is 3.79. The minimum atomic E-state index is -1.17. The van der Waals surface area contributed by atoms with E-state index in [-0.39, 0.29) is 12.0 Å². The molecule has 0 heterocycles. The first-order valence-electron chi connectivity index (χ1n) is 6.84. The van der Waals surface area contributed by atoms with Crippen LogP contribution in [-0.4, -0.2) is 28.1 Å². The van der Waals surface area contributed by atoms with Gasteiger partial charge >= 0.3 is 5.97 Å². The smallest absolute Gasteiger partial charge is 0.306 e. The van der Waals surface area contributed by atoms with Crippen molar-refractivity contribution in [2.45, 2.75) is 37.8 Å². The summed E-state index contributed by atoms with van der Waals surface area (Å²) in [6.07, 6.45) is 1.26. The van der Waals surface area contributed by atoms with Gasteiger partial charge in [0.15, 0.2) is 6.10 Å². The van der Waals surface area contributed by atoms with Crippen LogP contribution >= 0.6 is 0 Å². The van der Waals surface area contributed by atoms with E-state index in [1.165, 1.54) is 0 Å². The maximum atomic E-state index is 11.9. The molecule has 0 aliphatic heterocycles. The number of hydrogen-bond acceptors (Lipinski definition) is 3. The number of carboxylic acid groups (broad SMARTS) is 1. The highest BCUT2D eigenvalue weighted by atomic mass is 16.4. The van der Waals surface area contributed by atoms with Gasteiger partial charge in [0.25, 0.3) is 5.91 Å². The first kappa shape index (κ1) is 14.5. The minimum absolute atomic E-state index is 0.0449. The molecule has 3 N–H and O–H groups in total. The Morgan fingerprint density at radius 1 is 1.10 bits per heavy atom. The van der Waals surface area contributed by atoms with Crippen LogP contribution in [0.5, 0.6) is 0 Å². The highest BCUT2D eigenvalue weighted by Crippen LogP contribution is 2.25. The largest absolute Gasteiger partial charge is 0.481 e. The first-order chi connectivity index (χ1) is 9.58. The monoisotopic (exact) mass is 277 g/mol. The predicted molar refractivity (Wildman–Crippen MR) is 72.9 cm³/mol. The van der Waals surface area contributed by atoms with E-state index in [9.17, 15) is 14.7 Å². The lowest BCUT2D eigenvalue weighted by atomic mass is 9.86. The number of benzene rings is 1. The molecule has 1 aromatic carbocycles. The average Bonchev–Trinajstić information content (AvgIpc) is 2.48. The Kier molecular flexibility index (Phi) is 4.74. The van der Waals surface area contributed by atoms with Crippen LogP contribution in [0.3, 0.4) is 0 Å². The van der Waals surface area contributed by atoms with Crippen LogP contribution in [0.2, 0.25) is 0 Å². The lowest BCUT2D eigenvalue weighted by molar-refractivity contribution is -0.142. The number of nitrogens with one attached hydrogen (secondary N) is 1. The highest BCUT2D eigenvalue weighted by Gasteiger charge is 2.28. The van der Waals surface area contributed by atoms with Gasteiger partial charge in [-0.3, -0.25) is 9.59 Å². The average molecular weight is 277 g/mol. The maximum absolute atomic E-state index is 11.9. The van der Waals surface area contributed by atoms with Crippen LogP contribution in [0, 0.1) is 5.92 Å². The molecule has 1 saturated carbocycles. The fourth-order valence-corrected chi connectivity index (χ4v) is 2.55. The summed E-state index contributed by atoms with van der Waals surface area (Å²) in [5.41, 5.74) is 0.559. The van der Waals surface area contributed by atoms with Crippen molar-refractivity contribution < 1.29 is 19.8 Å². The third kappa shape index (κ3) is 3.57. The molecule has 1 fully saturated rings. The van der Waals surface area contributed by atoms with E-state index >= 15 is 0 Å². The van der Waals surface area contributed by atoms with E-state index in [1.54, 1.807) is 24.3 Å². The molecule has 1 amide bonds. The van der Waals surface area contributed by atoms with E-state index in [0.717, 1.165) is 0 Å². The van der Waals surface area contributed by atoms with Gasteiger partial charge in [-0.05, 0) is 31.2 Å². The summed E-state index contributed by atoms with van der Waals surface area (Å²) >= 11 is 0. The van der Waals surface area contributed by atoms with Gasteiger partial charge in [0.1, 0.15) is 0 Å². The van der Waals surface area contributed by atoms with Crippen LogP contribution < -0.4 is 5.32 Å². The molecule has 0 bridgehead atoms. The Labute approximate surface area is 117 Å². The van der Waals surface area contributed by atoms with Gasteiger partial charge in [-0.2, -0.15) is 0 Å². The van der Waals surface area contributed by atoms with E-state index < -0.39 is 18.0 Å². The predicted octanol–water partition coefficient (Wildman–Crippen LogP) is 1.48. The van der Waals surface area contributed by atoms with Gasteiger partial charge in [0.05, 0.1) is 5.92 Å². The van der Waals surface area contributed by atoms with Crippen molar-refractivity contribution in [3.8, 4) is 0 Å². The van der Waals surface area contributed by atoms with Gasteiger partial charge in [-0.15, -0.1) is 0 Å². The van der Waals surface area contributed by atoms with Gasteiger partial charge in [-0.25, -0.2) is 0 Å². The lowest BCUT2D eigenvalue weighted by Crippen LogP contribution is -2.41. The standard InChI is InChI=1S/C15H19NO4/c17-13(10-4-2-1-3-5-10)14(18)16-12-8-6-11(7-9-12)15(19)20/h1-5,11-13,17H,6-9H2,(H,16,18)(H,19,20). The molecule has 5 heteroatoms. The second-order valence-corrected chi connectivity index (χ2v) is 5.21. The Bertz CT molecular complexity index is 466. The Morgan fingerprint density at radius 2 is 1.70 bits per heavy atom. The van der Waals surface area contributed by atoms with Crippen LogP contribution in [0.15, 0.2) is 30.3 Å². The molecule has 2 rings (SSSR count).